The van der Waals surface area contributed by atoms with Gasteiger partial charge in [0.25, 0.3) is 0 Å². The van der Waals surface area contributed by atoms with Crippen LogP contribution in [0.2, 0.25) is 5.02 Å². The number of ether oxygens (including phenoxy) is 2. The molecule has 134 valence electrons. The predicted molar refractivity (Wildman–Crippen MR) is 97.8 cm³/mol. The number of fused-ring (bicyclic) bond motifs is 1. The molecule has 1 saturated heterocycles. The zero-order valence-corrected chi connectivity index (χ0v) is 15.4. The first-order chi connectivity index (χ1) is 12.8. The second-order valence-electron chi connectivity index (χ2n) is 6.45. The highest BCUT2D eigenvalue weighted by molar-refractivity contribution is 7.13. The van der Waals surface area contributed by atoms with Crippen molar-refractivity contribution >= 4 is 22.9 Å². The fourth-order valence-corrected chi connectivity index (χ4v) is 4.27. The molecule has 3 aromatic rings. The monoisotopic (exact) mass is 389 g/mol. The van der Waals surface area contributed by atoms with Crippen LogP contribution < -0.4 is 9.47 Å². The number of aromatic nitrogens is 2. The molecule has 1 atom stereocenters. The van der Waals surface area contributed by atoms with Gasteiger partial charge in [-0.25, -0.2) is 0 Å². The Labute approximate surface area is 159 Å². The van der Waals surface area contributed by atoms with Crippen LogP contribution in [0.5, 0.6) is 11.5 Å². The first-order valence-corrected chi connectivity index (χ1v) is 9.70. The van der Waals surface area contributed by atoms with Crippen molar-refractivity contribution in [1.82, 2.24) is 15.0 Å². The summed E-state index contributed by atoms with van der Waals surface area (Å²) >= 11 is 8.01. The van der Waals surface area contributed by atoms with Crippen molar-refractivity contribution in [3.05, 3.63) is 46.1 Å². The number of halogens is 1. The highest BCUT2D eigenvalue weighted by Gasteiger charge is 2.29. The lowest BCUT2D eigenvalue weighted by molar-refractivity contribution is 0.174. The molecule has 8 heteroatoms. The number of nitrogens with zero attached hydrogens (tertiary/aromatic N) is 3. The van der Waals surface area contributed by atoms with E-state index in [-0.39, 0.29) is 12.7 Å². The van der Waals surface area contributed by atoms with Gasteiger partial charge in [0.15, 0.2) is 11.5 Å². The number of likely N-dealkylation sites (tertiary alicyclic amines) is 1. The Hall–Kier alpha value is -2.09. The van der Waals surface area contributed by atoms with Gasteiger partial charge in [0, 0.05) is 24.2 Å². The van der Waals surface area contributed by atoms with E-state index >= 15 is 0 Å². The highest BCUT2D eigenvalue weighted by atomic mass is 35.5. The molecule has 0 saturated carbocycles. The Balaban J connectivity index is 1.28. The lowest BCUT2D eigenvalue weighted by atomic mass is 10.1. The summed E-state index contributed by atoms with van der Waals surface area (Å²) in [5.41, 5.74) is 1.04. The second kappa shape index (κ2) is 6.57. The summed E-state index contributed by atoms with van der Waals surface area (Å²) in [6.45, 7) is 2.85. The van der Waals surface area contributed by atoms with Gasteiger partial charge >= 0.3 is 0 Å². The Bertz CT molecular complexity index is 928. The number of rotatable bonds is 4. The largest absolute Gasteiger partial charge is 0.454 e. The maximum absolute atomic E-state index is 6.40. The van der Waals surface area contributed by atoms with Crippen LogP contribution in [-0.2, 0) is 6.54 Å². The molecule has 5 rings (SSSR count). The van der Waals surface area contributed by atoms with Crippen molar-refractivity contribution in [2.75, 3.05) is 19.9 Å². The van der Waals surface area contributed by atoms with Gasteiger partial charge in [0.1, 0.15) is 0 Å². The maximum atomic E-state index is 6.40. The van der Waals surface area contributed by atoms with Crippen molar-refractivity contribution in [2.24, 2.45) is 0 Å². The van der Waals surface area contributed by atoms with E-state index in [4.69, 9.17) is 25.6 Å². The summed E-state index contributed by atoms with van der Waals surface area (Å²) in [4.78, 5) is 7.96. The van der Waals surface area contributed by atoms with Crippen molar-refractivity contribution < 1.29 is 14.0 Å². The van der Waals surface area contributed by atoms with Crippen LogP contribution in [0.25, 0.3) is 10.7 Å². The molecule has 1 aromatic carbocycles. The molecule has 6 nitrogen and oxygen atoms in total. The average Bonchev–Trinajstić information content (AvgIpc) is 3.41. The van der Waals surface area contributed by atoms with E-state index in [1.807, 2.05) is 29.6 Å². The molecule has 1 fully saturated rings. The molecule has 0 bridgehead atoms. The van der Waals surface area contributed by atoms with Crippen molar-refractivity contribution in [1.29, 1.82) is 0 Å². The molecular weight excluding hydrogens is 374 g/mol. The Morgan fingerprint density at radius 2 is 2.15 bits per heavy atom. The van der Waals surface area contributed by atoms with Crippen LogP contribution >= 0.6 is 22.9 Å². The summed E-state index contributed by atoms with van der Waals surface area (Å²) in [5, 5.41) is 6.84. The number of hydrogen-bond acceptors (Lipinski definition) is 7. The summed E-state index contributed by atoms with van der Waals surface area (Å²) in [6, 6.07) is 7.79. The minimum Gasteiger partial charge on any atom is -0.454 e. The number of benzene rings is 1. The fraction of sp³-hybridized carbons (Fsp3) is 0.333. The first kappa shape index (κ1) is 16.1. The van der Waals surface area contributed by atoms with Crippen LogP contribution in [0, 0.1) is 0 Å². The standard InChI is InChI=1S/C18H16ClN3O3S/c19-13-7-15-14(23-10-24-15)6-12(13)9-22-4-3-11(8-22)18-20-17(21-25-18)16-2-1-5-26-16/h1-2,5-7,11H,3-4,8-10H2. The highest BCUT2D eigenvalue weighted by Crippen LogP contribution is 2.38. The van der Waals surface area contributed by atoms with Crippen molar-refractivity contribution in [3.63, 3.8) is 0 Å². The summed E-state index contributed by atoms with van der Waals surface area (Å²) < 4.78 is 16.3. The van der Waals surface area contributed by atoms with Crippen LogP contribution in [0.4, 0.5) is 0 Å². The minimum atomic E-state index is 0.254. The normalized spacial score (nSPS) is 19.3. The molecule has 0 amide bonds. The molecule has 4 heterocycles. The lowest BCUT2D eigenvalue weighted by Gasteiger charge is -2.16. The van der Waals surface area contributed by atoms with Gasteiger partial charge in [-0.05, 0) is 36.0 Å². The summed E-state index contributed by atoms with van der Waals surface area (Å²) in [7, 11) is 0. The topological polar surface area (TPSA) is 60.6 Å². The van der Waals surface area contributed by atoms with E-state index in [2.05, 4.69) is 15.0 Å². The maximum Gasteiger partial charge on any atom is 0.231 e. The Kier molecular flexibility index (Phi) is 4.07. The van der Waals surface area contributed by atoms with E-state index in [1.54, 1.807) is 11.3 Å². The van der Waals surface area contributed by atoms with Crippen molar-refractivity contribution in [2.45, 2.75) is 18.9 Å². The Morgan fingerprint density at radius 3 is 3.00 bits per heavy atom. The predicted octanol–water partition coefficient (Wildman–Crippen LogP) is 4.17. The quantitative estimate of drug-likeness (QED) is 0.667. The average molecular weight is 390 g/mol. The van der Waals surface area contributed by atoms with Gasteiger partial charge < -0.3 is 14.0 Å². The van der Waals surface area contributed by atoms with Crippen LogP contribution in [-0.4, -0.2) is 34.9 Å². The van der Waals surface area contributed by atoms with E-state index in [1.165, 1.54) is 0 Å². The zero-order chi connectivity index (χ0) is 17.5. The molecule has 1 unspecified atom stereocenters. The Morgan fingerprint density at radius 1 is 1.27 bits per heavy atom. The van der Waals surface area contributed by atoms with E-state index in [9.17, 15) is 0 Å². The van der Waals surface area contributed by atoms with Crippen molar-refractivity contribution in [3.8, 4) is 22.2 Å². The molecule has 26 heavy (non-hydrogen) atoms. The van der Waals surface area contributed by atoms with E-state index < -0.39 is 0 Å². The molecule has 2 aromatic heterocycles. The third kappa shape index (κ3) is 2.96. The first-order valence-electron chi connectivity index (χ1n) is 8.44. The third-order valence-corrected chi connectivity index (χ3v) is 5.96. The molecular formula is C18H16ClN3O3S. The van der Waals surface area contributed by atoms with Crippen LogP contribution in [0.3, 0.4) is 0 Å². The molecule has 0 radical (unpaired) electrons. The molecule has 2 aliphatic rings. The van der Waals surface area contributed by atoms with E-state index in [0.29, 0.717) is 22.5 Å². The summed E-state index contributed by atoms with van der Waals surface area (Å²) in [6.07, 6.45) is 0.994. The lowest BCUT2D eigenvalue weighted by Crippen LogP contribution is -2.20. The van der Waals surface area contributed by atoms with Gasteiger partial charge in [-0.3, -0.25) is 4.90 Å². The fourth-order valence-electron chi connectivity index (χ4n) is 3.41. The molecule has 0 spiro atoms. The smallest absolute Gasteiger partial charge is 0.231 e. The molecule has 0 aliphatic carbocycles. The summed E-state index contributed by atoms with van der Waals surface area (Å²) in [5.74, 6) is 3.12. The second-order valence-corrected chi connectivity index (χ2v) is 7.81. The zero-order valence-electron chi connectivity index (χ0n) is 13.9. The minimum absolute atomic E-state index is 0.254. The van der Waals surface area contributed by atoms with E-state index in [0.717, 1.165) is 42.2 Å². The van der Waals surface area contributed by atoms with Gasteiger partial charge in [-0.1, -0.05) is 22.8 Å². The van der Waals surface area contributed by atoms with Gasteiger partial charge in [0.05, 0.1) is 10.8 Å². The van der Waals surface area contributed by atoms with Gasteiger partial charge in [-0.2, -0.15) is 4.98 Å². The van der Waals surface area contributed by atoms with Gasteiger partial charge in [0.2, 0.25) is 18.5 Å². The number of thiophene rings is 1. The number of hydrogen-bond donors (Lipinski definition) is 0. The van der Waals surface area contributed by atoms with Crippen LogP contribution in [0.1, 0.15) is 23.8 Å². The molecule has 0 N–H and O–H groups in total. The SMILES string of the molecule is Clc1cc2c(cc1CN1CCC(c3nc(-c4cccs4)no3)C1)OCO2. The third-order valence-electron chi connectivity index (χ3n) is 4.74. The van der Waals surface area contributed by atoms with Crippen LogP contribution in [0.15, 0.2) is 34.2 Å². The molecule has 2 aliphatic heterocycles. The van der Waals surface area contributed by atoms with Gasteiger partial charge in [-0.15, -0.1) is 11.3 Å².